The molecule has 0 spiro atoms. The Labute approximate surface area is 182 Å². The molecule has 0 amide bonds. The Kier molecular flexibility index (Phi) is 9.18. The second-order valence-corrected chi connectivity index (χ2v) is 10.3. The van der Waals surface area contributed by atoms with Gasteiger partial charge in [-0.3, -0.25) is 0 Å². The van der Waals surface area contributed by atoms with E-state index < -0.39 is 31.8 Å². The van der Waals surface area contributed by atoms with Crippen molar-refractivity contribution in [2.24, 2.45) is 40.9 Å². The molecule has 0 saturated heterocycles. The molecule has 0 heterocycles. The fourth-order valence-electron chi connectivity index (χ4n) is 5.45. The van der Waals surface area contributed by atoms with Crippen LogP contribution in [0.4, 0.5) is 0 Å². The zero-order chi connectivity index (χ0) is 21.4. The Morgan fingerprint density at radius 3 is 0.667 bits per heavy atom. The van der Waals surface area contributed by atoms with Crippen molar-refractivity contribution in [3.8, 4) is 0 Å². The van der Waals surface area contributed by atoms with E-state index in [4.69, 9.17) is 20.4 Å². The van der Waals surface area contributed by atoms with Gasteiger partial charge < -0.3 is 20.4 Å². The molecule has 4 N–H and O–H groups in total. The fourth-order valence-corrected chi connectivity index (χ4v) is 5.45. The number of aliphatic hydroxyl groups excluding tert-OH is 4. The van der Waals surface area contributed by atoms with Crippen molar-refractivity contribution < 1.29 is 20.4 Å². The normalized spacial score (nSPS) is 35.6. The van der Waals surface area contributed by atoms with E-state index in [1.807, 2.05) is 0 Å². The topological polar surface area (TPSA) is 80.9 Å². The van der Waals surface area contributed by atoms with Gasteiger partial charge in [0.2, 0.25) is 0 Å². The van der Waals surface area contributed by atoms with Crippen LogP contribution >= 0.6 is 0 Å². The van der Waals surface area contributed by atoms with E-state index in [9.17, 15) is 0 Å². The molecule has 4 heteroatoms. The smallest absolute Gasteiger partial charge is 0.0627 e. The molecule has 6 atom stereocenters. The van der Waals surface area contributed by atoms with Crippen molar-refractivity contribution >= 4 is 0 Å². The zero-order valence-corrected chi connectivity index (χ0v) is 18.4. The van der Waals surface area contributed by atoms with Crippen molar-refractivity contribution in [1.29, 1.82) is 0 Å². The number of aliphatic hydroxyl groups is 4. The summed E-state index contributed by atoms with van der Waals surface area (Å²) in [5.74, 6) is 5.94. The summed E-state index contributed by atoms with van der Waals surface area (Å²) in [5, 5.41) is 34.0. The molecule has 6 bridgehead atoms. The Morgan fingerprint density at radius 1 is 0.433 bits per heavy atom. The molecule has 6 rings (SSSR count). The molecule has 6 unspecified atom stereocenters. The molecule has 6 aliphatic carbocycles. The van der Waals surface area contributed by atoms with E-state index in [1.54, 1.807) is 0 Å². The molecule has 30 heavy (non-hydrogen) atoms. The van der Waals surface area contributed by atoms with Crippen LogP contribution in [-0.2, 0) is 0 Å². The van der Waals surface area contributed by atoms with Gasteiger partial charge >= 0.3 is 0 Å². The maximum absolute atomic E-state index is 8.50. The fraction of sp³-hybridized carbons (Fsp3) is 0.769. The van der Waals surface area contributed by atoms with E-state index in [0.29, 0.717) is 0 Å². The first-order valence-electron chi connectivity index (χ1n) is 12.1. The van der Waals surface area contributed by atoms with E-state index in [2.05, 4.69) is 36.5 Å². The largest absolute Gasteiger partial charge is 0.396 e. The minimum atomic E-state index is -1.11. The third-order valence-electron chi connectivity index (χ3n) is 7.85. The Balaban J connectivity index is 0.000000114. The molecule has 3 fully saturated rings. The van der Waals surface area contributed by atoms with E-state index in [-0.39, 0.29) is 0 Å². The SMILES string of the molecule is C1=CC2CCC1C2.C1=CC2CCC1C2.C1=CC2CCC1C2.OCC(CO)(CO)CO. The van der Waals surface area contributed by atoms with E-state index in [1.165, 1.54) is 57.8 Å². The molecule has 0 aromatic rings. The predicted molar refractivity (Wildman–Crippen MR) is 121 cm³/mol. The molecular formula is C26H42O4. The Bertz CT molecular complexity index is 472. The third-order valence-corrected chi connectivity index (χ3v) is 7.85. The van der Waals surface area contributed by atoms with Crippen LogP contribution in [0.5, 0.6) is 0 Å². The first-order valence-corrected chi connectivity index (χ1v) is 12.1. The number of hydrogen-bond acceptors (Lipinski definition) is 4. The summed E-state index contributed by atoms with van der Waals surface area (Å²) in [5.41, 5.74) is -1.11. The minimum absolute atomic E-state index is 0.406. The molecule has 0 aliphatic heterocycles. The zero-order valence-electron chi connectivity index (χ0n) is 18.4. The van der Waals surface area contributed by atoms with Crippen molar-refractivity contribution in [1.82, 2.24) is 0 Å². The summed E-state index contributed by atoms with van der Waals surface area (Å²) >= 11 is 0. The highest BCUT2D eigenvalue weighted by atomic mass is 16.3. The summed E-state index contributed by atoms with van der Waals surface area (Å²) in [6.45, 7) is -1.62. The lowest BCUT2D eigenvalue weighted by Crippen LogP contribution is -2.37. The summed E-state index contributed by atoms with van der Waals surface area (Å²) in [7, 11) is 0. The van der Waals surface area contributed by atoms with Crippen LogP contribution in [0.25, 0.3) is 0 Å². The summed E-state index contributed by atoms with van der Waals surface area (Å²) in [4.78, 5) is 0. The first-order chi connectivity index (χ1) is 14.6. The van der Waals surface area contributed by atoms with Crippen LogP contribution in [0.15, 0.2) is 36.5 Å². The van der Waals surface area contributed by atoms with Crippen molar-refractivity contribution in [3.63, 3.8) is 0 Å². The van der Waals surface area contributed by atoms with Gasteiger partial charge in [-0.25, -0.2) is 0 Å². The lowest BCUT2D eigenvalue weighted by Gasteiger charge is -2.23. The Hall–Kier alpha value is -0.940. The van der Waals surface area contributed by atoms with Gasteiger partial charge in [0.05, 0.1) is 31.8 Å². The first kappa shape index (κ1) is 23.7. The van der Waals surface area contributed by atoms with Gasteiger partial charge in [0.15, 0.2) is 0 Å². The summed E-state index contributed by atoms with van der Waals surface area (Å²) in [6.07, 6.45) is 27.6. The van der Waals surface area contributed by atoms with Gasteiger partial charge in [-0.05, 0) is 93.3 Å². The second kappa shape index (κ2) is 11.6. The second-order valence-electron chi connectivity index (χ2n) is 10.3. The molecule has 0 radical (unpaired) electrons. The van der Waals surface area contributed by atoms with Crippen LogP contribution in [0.3, 0.4) is 0 Å². The molecule has 3 saturated carbocycles. The number of rotatable bonds is 4. The predicted octanol–water partition coefficient (Wildman–Crippen LogP) is 3.86. The highest BCUT2D eigenvalue weighted by molar-refractivity contribution is 5.07. The lowest BCUT2D eigenvalue weighted by atomic mass is 9.93. The third kappa shape index (κ3) is 6.53. The highest BCUT2D eigenvalue weighted by Gasteiger charge is 2.27. The minimum Gasteiger partial charge on any atom is -0.396 e. The quantitative estimate of drug-likeness (QED) is 0.523. The maximum Gasteiger partial charge on any atom is 0.0627 e. The molecule has 6 aliphatic rings. The molecule has 0 aromatic heterocycles. The van der Waals surface area contributed by atoms with Crippen LogP contribution < -0.4 is 0 Å². The van der Waals surface area contributed by atoms with Crippen molar-refractivity contribution in [2.45, 2.75) is 57.8 Å². The molecule has 4 nitrogen and oxygen atoms in total. The number of fused-ring (bicyclic) bond motifs is 6. The van der Waals surface area contributed by atoms with Crippen LogP contribution in [0.2, 0.25) is 0 Å². The van der Waals surface area contributed by atoms with Crippen LogP contribution in [0.1, 0.15) is 57.8 Å². The van der Waals surface area contributed by atoms with Crippen LogP contribution in [0, 0.1) is 40.9 Å². The number of allylic oxidation sites excluding steroid dienone is 6. The highest BCUT2D eigenvalue weighted by Crippen LogP contribution is 2.39. The molecular weight excluding hydrogens is 376 g/mol. The summed E-state index contributed by atoms with van der Waals surface area (Å²) < 4.78 is 0. The van der Waals surface area contributed by atoms with Crippen molar-refractivity contribution in [3.05, 3.63) is 36.5 Å². The average molecular weight is 419 g/mol. The average Bonchev–Trinajstić information content (AvgIpc) is 3.66. The van der Waals surface area contributed by atoms with Crippen molar-refractivity contribution in [2.75, 3.05) is 26.4 Å². The van der Waals surface area contributed by atoms with Crippen LogP contribution in [-0.4, -0.2) is 46.9 Å². The van der Waals surface area contributed by atoms with Gasteiger partial charge in [0.25, 0.3) is 0 Å². The van der Waals surface area contributed by atoms with E-state index in [0.717, 1.165) is 35.5 Å². The maximum atomic E-state index is 8.50. The molecule has 170 valence electrons. The van der Waals surface area contributed by atoms with Gasteiger partial charge in [0.1, 0.15) is 0 Å². The summed E-state index contributed by atoms with van der Waals surface area (Å²) in [6, 6.07) is 0. The Morgan fingerprint density at radius 2 is 0.633 bits per heavy atom. The van der Waals surface area contributed by atoms with E-state index >= 15 is 0 Å². The van der Waals surface area contributed by atoms with Gasteiger partial charge in [-0.1, -0.05) is 36.5 Å². The van der Waals surface area contributed by atoms with Gasteiger partial charge in [-0.15, -0.1) is 0 Å². The van der Waals surface area contributed by atoms with Gasteiger partial charge in [0, 0.05) is 0 Å². The van der Waals surface area contributed by atoms with Gasteiger partial charge in [-0.2, -0.15) is 0 Å². The monoisotopic (exact) mass is 418 g/mol. The molecule has 0 aromatic carbocycles. The number of hydrogen-bond donors (Lipinski definition) is 4. The lowest BCUT2D eigenvalue weighted by molar-refractivity contribution is -0.0328. The standard InChI is InChI=1S/3C7H10.C5H12O4/c3*1-2-7-4-3-6(1)5-7;6-1-5(2-7,3-8)4-9/h3*1-2,6-7H,3-5H2;6-9H,1-4H2.